The molecule has 6 N–H and O–H groups in total. The number of aliphatic carboxylic acids is 2. The van der Waals surface area contributed by atoms with Gasteiger partial charge in [0.25, 0.3) is 0 Å². The summed E-state index contributed by atoms with van der Waals surface area (Å²) in [7, 11) is 0. The average molecular weight is 347 g/mol. The Morgan fingerprint density at radius 2 is 1.78 bits per heavy atom. The van der Waals surface area contributed by atoms with E-state index in [4.69, 9.17) is 15.9 Å². The first kappa shape index (κ1) is 20.9. The van der Waals surface area contributed by atoms with Gasteiger partial charge in [0.15, 0.2) is 0 Å². The Balaban J connectivity index is 4.38. The lowest BCUT2D eigenvalue weighted by Gasteiger charge is -2.18. The minimum atomic E-state index is -1.28. The van der Waals surface area contributed by atoms with Gasteiger partial charge in [-0.3, -0.25) is 14.4 Å². The van der Waals surface area contributed by atoms with Crippen molar-refractivity contribution in [3.05, 3.63) is 12.7 Å². The zero-order valence-corrected chi connectivity index (χ0v) is 13.3. The molecule has 0 fully saturated rings. The molecule has 0 heterocycles. The fourth-order valence-electron chi connectivity index (χ4n) is 1.54. The summed E-state index contributed by atoms with van der Waals surface area (Å²) in [6, 6.07) is -3.33. The monoisotopic (exact) mass is 347 g/mol. The van der Waals surface area contributed by atoms with Gasteiger partial charge in [-0.2, -0.15) is 12.6 Å². The molecule has 0 radical (unpaired) electrons. The molecule has 0 saturated heterocycles. The van der Waals surface area contributed by atoms with Crippen LogP contribution >= 0.6 is 12.6 Å². The lowest BCUT2D eigenvalue weighted by Crippen LogP contribution is -2.51. The van der Waals surface area contributed by atoms with Crippen LogP contribution < -0.4 is 16.4 Å². The summed E-state index contributed by atoms with van der Waals surface area (Å²) in [6.07, 6.45) is 1.40. The van der Waals surface area contributed by atoms with E-state index in [-0.39, 0.29) is 25.0 Å². The Morgan fingerprint density at radius 1 is 1.17 bits per heavy atom. The fourth-order valence-corrected chi connectivity index (χ4v) is 1.80. The molecule has 0 bridgehead atoms. The van der Waals surface area contributed by atoms with Crippen LogP contribution in [0, 0.1) is 0 Å². The number of carbonyl (C=O) groups is 4. The topological polar surface area (TPSA) is 159 Å². The number of hydrogen-bond donors (Lipinski definition) is 6. The summed E-state index contributed by atoms with van der Waals surface area (Å²) in [5, 5.41) is 22.0. The van der Waals surface area contributed by atoms with Crippen LogP contribution in [-0.4, -0.2) is 57.8 Å². The average Bonchev–Trinajstić information content (AvgIpc) is 2.49. The number of carbonyl (C=O) groups excluding carboxylic acids is 2. The third-order valence-corrected chi connectivity index (χ3v) is 3.24. The largest absolute Gasteiger partial charge is 0.480 e. The van der Waals surface area contributed by atoms with E-state index in [9.17, 15) is 19.2 Å². The lowest BCUT2D eigenvalue weighted by atomic mass is 10.1. The fraction of sp³-hybridized carbons (Fsp3) is 0.538. The quantitative estimate of drug-likeness (QED) is 0.201. The summed E-state index contributed by atoms with van der Waals surface area (Å²) in [5.41, 5.74) is 5.30. The van der Waals surface area contributed by atoms with Gasteiger partial charge in [-0.15, -0.1) is 6.58 Å². The van der Waals surface area contributed by atoms with Crippen LogP contribution in [0.1, 0.15) is 19.3 Å². The number of rotatable bonds is 11. The van der Waals surface area contributed by atoms with Crippen LogP contribution in [0.5, 0.6) is 0 Å². The standard InChI is InChI=1S/C13H21N3O6S/c1-2-8(13(21)22)16-11(18)9(6-23)15-10(17)5-3-4-7(14)12(19)20/h2,7-9,23H,1,3-6,14H2,(H,15,17)(H,16,18)(H,19,20)(H,21,22)/t7-,8+,9-/m0/s1. The SMILES string of the molecule is C=C[C@@H](NC(=O)[C@H](CS)NC(=O)CCC[C@H](N)C(=O)O)C(=O)O. The van der Waals surface area contributed by atoms with Crippen molar-refractivity contribution < 1.29 is 29.4 Å². The van der Waals surface area contributed by atoms with Crippen molar-refractivity contribution in [2.24, 2.45) is 5.73 Å². The number of hydrogen-bond acceptors (Lipinski definition) is 6. The Bertz CT molecular complexity index is 471. The number of carboxylic acids is 2. The molecule has 0 rings (SSSR count). The van der Waals surface area contributed by atoms with Crippen LogP contribution in [0.2, 0.25) is 0 Å². The van der Waals surface area contributed by atoms with Crippen LogP contribution in [0.15, 0.2) is 12.7 Å². The predicted octanol–water partition coefficient (Wildman–Crippen LogP) is -1.26. The smallest absolute Gasteiger partial charge is 0.330 e. The maximum Gasteiger partial charge on any atom is 0.330 e. The highest BCUT2D eigenvalue weighted by molar-refractivity contribution is 7.80. The molecule has 3 atom stereocenters. The summed E-state index contributed by atoms with van der Waals surface area (Å²) in [4.78, 5) is 44.9. The van der Waals surface area contributed by atoms with Gasteiger partial charge in [-0.05, 0) is 12.8 Å². The van der Waals surface area contributed by atoms with Crippen molar-refractivity contribution in [1.29, 1.82) is 0 Å². The van der Waals surface area contributed by atoms with Gasteiger partial charge >= 0.3 is 11.9 Å². The number of carboxylic acid groups (broad SMARTS) is 2. The van der Waals surface area contributed by atoms with Crippen molar-refractivity contribution >= 4 is 36.4 Å². The Kier molecular flexibility index (Phi) is 9.67. The molecule has 0 aliphatic heterocycles. The minimum absolute atomic E-state index is 0.0116. The molecule has 23 heavy (non-hydrogen) atoms. The molecule has 130 valence electrons. The first-order valence-electron chi connectivity index (χ1n) is 6.77. The highest BCUT2D eigenvalue weighted by atomic mass is 32.1. The second kappa shape index (κ2) is 10.6. The molecule has 10 heteroatoms. The van der Waals surface area contributed by atoms with E-state index >= 15 is 0 Å². The van der Waals surface area contributed by atoms with Crippen LogP contribution in [0.3, 0.4) is 0 Å². The van der Waals surface area contributed by atoms with Gasteiger partial charge < -0.3 is 26.6 Å². The van der Waals surface area contributed by atoms with Gasteiger partial charge in [0.2, 0.25) is 11.8 Å². The van der Waals surface area contributed by atoms with Crippen molar-refractivity contribution in [3.63, 3.8) is 0 Å². The third kappa shape index (κ3) is 8.21. The zero-order valence-electron chi connectivity index (χ0n) is 12.4. The number of thiol groups is 1. The molecule has 0 spiro atoms. The van der Waals surface area contributed by atoms with E-state index < -0.39 is 41.9 Å². The second-order valence-electron chi connectivity index (χ2n) is 4.70. The molecule has 0 saturated carbocycles. The van der Waals surface area contributed by atoms with Gasteiger partial charge in [0.05, 0.1) is 0 Å². The highest BCUT2D eigenvalue weighted by Crippen LogP contribution is 2.01. The van der Waals surface area contributed by atoms with E-state index in [2.05, 4.69) is 29.8 Å². The van der Waals surface area contributed by atoms with Crippen LogP contribution in [0.25, 0.3) is 0 Å². The van der Waals surface area contributed by atoms with E-state index in [0.29, 0.717) is 0 Å². The first-order chi connectivity index (χ1) is 10.7. The van der Waals surface area contributed by atoms with E-state index in [0.717, 1.165) is 6.08 Å². The number of nitrogens with one attached hydrogen (secondary N) is 2. The van der Waals surface area contributed by atoms with Gasteiger partial charge in [-0.1, -0.05) is 6.08 Å². The summed E-state index contributed by atoms with van der Waals surface area (Å²) in [6.45, 7) is 3.29. The molecule has 0 unspecified atom stereocenters. The van der Waals surface area contributed by atoms with E-state index in [1.54, 1.807) is 0 Å². The van der Waals surface area contributed by atoms with Crippen molar-refractivity contribution in [3.8, 4) is 0 Å². The van der Waals surface area contributed by atoms with Gasteiger partial charge in [-0.25, -0.2) is 4.79 Å². The molecular formula is C13H21N3O6S. The van der Waals surface area contributed by atoms with Crippen molar-refractivity contribution in [1.82, 2.24) is 10.6 Å². The third-order valence-electron chi connectivity index (χ3n) is 2.87. The molecular weight excluding hydrogens is 326 g/mol. The zero-order chi connectivity index (χ0) is 18.0. The predicted molar refractivity (Wildman–Crippen MR) is 85.0 cm³/mol. The Hall–Kier alpha value is -2.07. The summed E-state index contributed by atoms with van der Waals surface area (Å²) < 4.78 is 0. The number of nitrogens with two attached hydrogens (primary N) is 1. The minimum Gasteiger partial charge on any atom is -0.480 e. The number of amides is 2. The van der Waals surface area contributed by atoms with Crippen LogP contribution in [-0.2, 0) is 19.2 Å². The first-order valence-corrected chi connectivity index (χ1v) is 7.40. The van der Waals surface area contributed by atoms with E-state index in [1.165, 1.54) is 0 Å². The van der Waals surface area contributed by atoms with Gasteiger partial charge in [0.1, 0.15) is 18.1 Å². The molecule has 9 nitrogen and oxygen atoms in total. The van der Waals surface area contributed by atoms with Crippen LogP contribution in [0.4, 0.5) is 0 Å². The highest BCUT2D eigenvalue weighted by Gasteiger charge is 2.24. The van der Waals surface area contributed by atoms with Crippen molar-refractivity contribution in [2.75, 3.05) is 5.75 Å². The lowest BCUT2D eigenvalue weighted by molar-refractivity contribution is -0.141. The van der Waals surface area contributed by atoms with E-state index in [1.807, 2.05) is 0 Å². The Morgan fingerprint density at radius 3 is 2.22 bits per heavy atom. The summed E-state index contributed by atoms with van der Waals surface area (Å²) in [5.74, 6) is -3.65. The molecule has 0 aromatic carbocycles. The molecule has 0 aliphatic carbocycles. The Labute approximate surface area is 138 Å². The van der Waals surface area contributed by atoms with Crippen molar-refractivity contribution in [2.45, 2.75) is 37.4 Å². The molecule has 2 amide bonds. The molecule has 0 aromatic heterocycles. The van der Waals surface area contributed by atoms with Gasteiger partial charge in [0, 0.05) is 12.2 Å². The molecule has 0 aromatic rings. The maximum absolute atomic E-state index is 11.9. The molecule has 0 aliphatic rings. The normalized spacial score (nSPS) is 14.2. The second-order valence-corrected chi connectivity index (χ2v) is 5.06. The maximum atomic E-state index is 11.9. The summed E-state index contributed by atoms with van der Waals surface area (Å²) >= 11 is 3.94.